The maximum Gasteiger partial charge on any atom is 0.119 e. The van der Waals surface area contributed by atoms with Crippen LogP contribution in [0.4, 0.5) is 0 Å². The van der Waals surface area contributed by atoms with Gasteiger partial charge in [0.05, 0.1) is 0 Å². The SMILES string of the molecule is Cc1ccc(OC/C=C/C2CCC(C)CC2)cc1.Cc1ccc(OC/C=C/C2CCC(C3CCC(C)CC3)CC2)cc1. The molecule has 3 aliphatic rings. The second kappa shape index (κ2) is 17.6. The molecular weight excluding hydrogens is 512 g/mol. The van der Waals surface area contributed by atoms with Crippen LogP contribution in [-0.4, -0.2) is 13.2 Å². The minimum atomic E-state index is 0.690. The van der Waals surface area contributed by atoms with Gasteiger partial charge in [-0.1, -0.05) is 99.2 Å². The van der Waals surface area contributed by atoms with Gasteiger partial charge in [-0.25, -0.2) is 0 Å². The normalized spacial score (nSPS) is 28.3. The van der Waals surface area contributed by atoms with E-state index in [1.807, 2.05) is 12.1 Å². The van der Waals surface area contributed by atoms with Crippen LogP contribution in [0.3, 0.4) is 0 Å². The predicted octanol–water partition coefficient (Wildman–Crippen LogP) is 11.3. The molecule has 0 amide bonds. The van der Waals surface area contributed by atoms with Crippen molar-refractivity contribution in [1.29, 1.82) is 0 Å². The lowest BCUT2D eigenvalue weighted by Crippen LogP contribution is -2.24. The fourth-order valence-corrected chi connectivity index (χ4v) is 7.10. The summed E-state index contributed by atoms with van der Waals surface area (Å²) < 4.78 is 11.5. The summed E-state index contributed by atoms with van der Waals surface area (Å²) in [5.41, 5.74) is 2.55. The fourth-order valence-electron chi connectivity index (χ4n) is 7.10. The van der Waals surface area contributed by atoms with Crippen LogP contribution in [0.5, 0.6) is 11.5 Å². The van der Waals surface area contributed by atoms with E-state index in [0.29, 0.717) is 13.2 Å². The summed E-state index contributed by atoms with van der Waals surface area (Å²) in [6, 6.07) is 16.6. The molecule has 3 fully saturated rings. The highest BCUT2D eigenvalue weighted by Crippen LogP contribution is 2.41. The van der Waals surface area contributed by atoms with Crippen molar-refractivity contribution in [2.75, 3.05) is 13.2 Å². The van der Waals surface area contributed by atoms with E-state index in [9.17, 15) is 0 Å². The Labute approximate surface area is 258 Å². The van der Waals surface area contributed by atoms with E-state index >= 15 is 0 Å². The molecule has 42 heavy (non-hydrogen) atoms. The Bertz CT molecular complexity index is 1040. The Hall–Kier alpha value is -2.48. The highest BCUT2D eigenvalue weighted by Gasteiger charge is 2.29. The third-order valence-electron chi connectivity index (χ3n) is 10.2. The monoisotopic (exact) mass is 570 g/mol. The van der Waals surface area contributed by atoms with E-state index in [2.05, 4.69) is 88.4 Å². The smallest absolute Gasteiger partial charge is 0.119 e. The van der Waals surface area contributed by atoms with Crippen LogP contribution in [-0.2, 0) is 0 Å². The van der Waals surface area contributed by atoms with Crippen molar-refractivity contribution in [1.82, 2.24) is 0 Å². The van der Waals surface area contributed by atoms with Gasteiger partial charge in [-0.15, -0.1) is 0 Å². The predicted molar refractivity (Wildman–Crippen MR) is 179 cm³/mol. The van der Waals surface area contributed by atoms with Crippen molar-refractivity contribution >= 4 is 0 Å². The van der Waals surface area contributed by atoms with Crippen LogP contribution in [0.25, 0.3) is 0 Å². The molecule has 2 aromatic carbocycles. The number of hydrogen-bond acceptors (Lipinski definition) is 2. The van der Waals surface area contributed by atoms with Gasteiger partial charge in [0, 0.05) is 0 Å². The van der Waals surface area contributed by atoms with E-state index < -0.39 is 0 Å². The Balaban J connectivity index is 0.000000201. The molecule has 0 spiro atoms. The summed E-state index contributed by atoms with van der Waals surface area (Å²) in [5.74, 6) is 7.46. The first-order chi connectivity index (χ1) is 20.4. The highest BCUT2D eigenvalue weighted by molar-refractivity contribution is 5.27. The van der Waals surface area contributed by atoms with Gasteiger partial charge in [0.1, 0.15) is 24.7 Å². The van der Waals surface area contributed by atoms with Crippen molar-refractivity contribution in [2.24, 2.45) is 35.5 Å². The second-order valence-electron chi connectivity index (χ2n) is 13.8. The maximum absolute atomic E-state index is 5.79. The summed E-state index contributed by atoms with van der Waals surface area (Å²) in [4.78, 5) is 0. The Morgan fingerprint density at radius 2 is 0.833 bits per heavy atom. The molecule has 0 atom stereocenters. The first-order valence-corrected chi connectivity index (χ1v) is 17.2. The Morgan fingerprint density at radius 3 is 1.24 bits per heavy atom. The first kappa shape index (κ1) is 32.4. The van der Waals surface area contributed by atoms with Crippen LogP contribution >= 0.6 is 0 Å². The summed E-state index contributed by atoms with van der Waals surface area (Å²) in [6.07, 6.45) is 26.2. The molecule has 5 rings (SSSR count). The molecule has 2 nitrogen and oxygen atoms in total. The quantitative estimate of drug-likeness (QED) is 0.279. The average molecular weight is 571 g/mol. The molecule has 2 aromatic rings. The lowest BCUT2D eigenvalue weighted by atomic mass is 9.69. The number of aryl methyl sites for hydroxylation is 2. The van der Waals surface area contributed by atoms with Gasteiger partial charge in [-0.3, -0.25) is 0 Å². The van der Waals surface area contributed by atoms with Gasteiger partial charge >= 0.3 is 0 Å². The van der Waals surface area contributed by atoms with Crippen molar-refractivity contribution in [3.63, 3.8) is 0 Å². The Kier molecular flexibility index (Phi) is 13.6. The lowest BCUT2D eigenvalue weighted by molar-refractivity contribution is 0.160. The third-order valence-corrected chi connectivity index (χ3v) is 10.2. The second-order valence-corrected chi connectivity index (χ2v) is 13.8. The van der Waals surface area contributed by atoms with Crippen molar-refractivity contribution in [2.45, 2.75) is 105 Å². The Morgan fingerprint density at radius 1 is 0.500 bits per heavy atom. The van der Waals surface area contributed by atoms with Gasteiger partial charge in [0.2, 0.25) is 0 Å². The first-order valence-electron chi connectivity index (χ1n) is 17.2. The average Bonchev–Trinajstić information content (AvgIpc) is 3.01. The molecule has 0 heterocycles. The molecule has 230 valence electrons. The van der Waals surface area contributed by atoms with Gasteiger partial charge < -0.3 is 9.47 Å². The zero-order valence-electron chi connectivity index (χ0n) is 27.1. The zero-order valence-corrected chi connectivity index (χ0v) is 27.1. The molecule has 0 unspecified atom stereocenters. The summed E-state index contributed by atoms with van der Waals surface area (Å²) in [7, 11) is 0. The summed E-state index contributed by atoms with van der Waals surface area (Å²) >= 11 is 0. The third kappa shape index (κ3) is 11.7. The molecule has 0 aliphatic heterocycles. The topological polar surface area (TPSA) is 18.5 Å². The van der Waals surface area contributed by atoms with Gasteiger partial charge in [-0.05, 0) is 125 Å². The molecule has 3 saturated carbocycles. The summed E-state index contributed by atoms with van der Waals surface area (Å²) in [6.45, 7) is 10.4. The molecule has 0 N–H and O–H groups in total. The van der Waals surface area contributed by atoms with Crippen molar-refractivity contribution in [3.05, 3.63) is 84.0 Å². The van der Waals surface area contributed by atoms with Crippen molar-refractivity contribution < 1.29 is 9.47 Å². The van der Waals surface area contributed by atoms with Gasteiger partial charge in [0.25, 0.3) is 0 Å². The molecule has 0 aromatic heterocycles. The van der Waals surface area contributed by atoms with Crippen LogP contribution in [0.2, 0.25) is 0 Å². The molecule has 0 radical (unpaired) electrons. The number of ether oxygens (including phenoxy) is 2. The van der Waals surface area contributed by atoms with Gasteiger partial charge in [-0.2, -0.15) is 0 Å². The van der Waals surface area contributed by atoms with E-state index in [0.717, 1.165) is 47.0 Å². The van der Waals surface area contributed by atoms with E-state index in [4.69, 9.17) is 9.47 Å². The number of benzene rings is 2. The van der Waals surface area contributed by atoms with Crippen LogP contribution in [0, 0.1) is 49.4 Å². The van der Waals surface area contributed by atoms with Gasteiger partial charge in [0.15, 0.2) is 0 Å². The molecule has 0 bridgehead atoms. The molecule has 3 aliphatic carbocycles. The van der Waals surface area contributed by atoms with E-state index in [-0.39, 0.29) is 0 Å². The maximum atomic E-state index is 5.79. The fraction of sp³-hybridized carbons (Fsp3) is 0.600. The number of rotatable bonds is 9. The zero-order chi connectivity index (χ0) is 29.6. The number of hydrogen-bond donors (Lipinski definition) is 0. The van der Waals surface area contributed by atoms with Crippen LogP contribution in [0.1, 0.15) is 102 Å². The largest absolute Gasteiger partial charge is 0.490 e. The lowest BCUT2D eigenvalue weighted by Gasteiger charge is -2.36. The number of allylic oxidation sites excluding steroid dienone is 2. The van der Waals surface area contributed by atoms with E-state index in [1.165, 1.54) is 88.2 Å². The minimum Gasteiger partial charge on any atom is -0.490 e. The standard InChI is InChI=1S/C23H34O.C17H24O/c1-18-5-11-21(12-6-18)22-13-9-20(10-14-22)4-3-17-24-23-15-7-19(2)8-16-23;1-14-5-9-16(10-6-14)4-3-13-18-17-11-7-15(2)8-12-17/h3-4,7-8,15-16,18,20-22H,5-6,9-14,17H2,1-2H3;3-4,7-8,11-12,14,16H,5-6,9-10,13H2,1-2H3/b2*4-3+. The highest BCUT2D eigenvalue weighted by atomic mass is 16.5. The minimum absolute atomic E-state index is 0.690. The molecule has 0 saturated heterocycles. The van der Waals surface area contributed by atoms with Crippen LogP contribution in [0.15, 0.2) is 72.8 Å². The van der Waals surface area contributed by atoms with E-state index in [1.54, 1.807) is 0 Å². The van der Waals surface area contributed by atoms with Crippen LogP contribution < -0.4 is 9.47 Å². The van der Waals surface area contributed by atoms with Crippen molar-refractivity contribution in [3.8, 4) is 11.5 Å². The molecule has 2 heteroatoms. The molecular formula is C40H58O2. The summed E-state index contributed by atoms with van der Waals surface area (Å²) in [5, 5.41) is 0.